The Kier molecular flexibility index (Phi) is 4.86. The van der Waals surface area contributed by atoms with Crippen LogP contribution in [0.2, 0.25) is 0 Å². The quantitative estimate of drug-likeness (QED) is 0.769. The Labute approximate surface area is 136 Å². The van der Waals surface area contributed by atoms with Crippen molar-refractivity contribution in [3.05, 3.63) is 79.7 Å². The van der Waals surface area contributed by atoms with Gasteiger partial charge in [0.15, 0.2) is 5.78 Å². The maximum atomic E-state index is 12.8. The highest BCUT2D eigenvalue weighted by atomic mass is 16.5. The van der Waals surface area contributed by atoms with Gasteiger partial charge >= 0.3 is 0 Å². The first-order valence-corrected chi connectivity index (χ1v) is 7.20. The van der Waals surface area contributed by atoms with Gasteiger partial charge in [0.2, 0.25) is 0 Å². The maximum Gasteiger partial charge on any atom is 0.168 e. The van der Waals surface area contributed by atoms with Crippen LogP contribution in [0.1, 0.15) is 5.56 Å². The first-order valence-electron chi connectivity index (χ1n) is 7.20. The number of ketones is 1. The Morgan fingerprint density at radius 3 is 2.74 bits per heavy atom. The number of allylic oxidation sites excluding steroid dienone is 1. The summed E-state index contributed by atoms with van der Waals surface area (Å²) in [5, 5.41) is 4.09. The van der Waals surface area contributed by atoms with Crippen LogP contribution in [0.4, 0.5) is 0 Å². The predicted octanol–water partition coefficient (Wildman–Crippen LogP) is 2.34. The standard InChI is InChI=1S/C18H16N3O2/c1-23-17-9-5-4-8-15(17)10-16(11-21-13-19-12-20-21)18(22)14-6-2-3-7-14/h2-10,12-13H,11H2,1H3/b16-10+. The van der Waals surface area contributed by atoms with Crippen LogP contribution in [0.15, 0.2) is 42.5 Å². The topological polar surface area (TPSA) is 57.0 Å². The van der Waals surface area contributed by atoms with Gasteiger partial charge in [-0.3, -0.25) is 4.79 Å². The molecule has 0 amide bonds. The molecular formula is C18H16N3O2. The summed E-state index contributed by atoms with van der Waals surface area (Å²) in [5.74, 6) is 1.35. The lowest BCUT2D eigenvalue weighted by molar-refractivity contribution is -0.113. The van der Waals surface area contributed by atoms with Crippen LogP contribution in [-0.4, -0.2) is 27.7 Å². The van der Waals surface area contributed by atoms with Crippen molar-refractivity contribution in [2.24, 2.45) is 0 Å². The first kappa shape index (κ1) is 15.5. The first-order chi connectivity index (χ1) is 11.3. The van der Waals surface area contributed by atoms with E-state index in [1.165, 1.54) is 6.33 Å². The van der Waals surface area contributed by atoms with Gasteiger partial charge in [-0.25, -0.2) is 9.67 Å². The molecule has 0 aliphatic heterocycles. The average molecular weight is 306 g/mol. The van der Waals surface area contributed by atoms with E-state index in [1.807, 2.05) is 43.2 Å². The molecule has 1 aromatic heterocycles. The lowest BCUT2D eigenvalue weighted by Crippen LogP contribution is -2.17. The molecule has 0 bridgehead atoms. The monoisotopic (exact) mass is 306 g/mol. The Bertz CT molecular complexity index is 686. The summed E-state index contributed by atoms with van der Waals surface area (Å²) >= 11 is 0. The molecule has 115 valence electrons. The van der Waals surface area contributed by atoms with E-state index in [-0.39, 0.29) is 5.78 Å². The van der Waals surface area contributed by atoms with Crippen molar-refractivity contribution in [1.29, 1.82) is 0 Å². The Hall–Kier alpha value is -2.43. The third kappa shape index (κ3) is 3.67. The van der Waals surface area contributed by atoms with Crippen molar-refractivity contribution >= 4 is 11.9 Å². The van der Waals surface area contributed by atoms with E-state index in [1.54, 1.807) is 31.0 Å². The number of hydrogen-bond donors (Lipinski definition) is 0. The Balaban J connectivity index is 1.93. The highest BCUT2D eigenvalue weighted by molar-refractivity contribution is 6.11. The average Bonchev–Trinajstić information content (AvgIpc) is 3.27. The van der Waals surface area contributed by atoms with E-state index >= 15 is 0 Å². The second kappa shape index (κ2) is 7.22. The van der Waals surface area contributed by atoms with E-state index < -0.39 is 0 Å². The molecule has 5 heteroatoms. The molecular weight excluding hydrogens is 290 g/mol. The van der Waals surface area contributed by atoms with Gasteiger partial charge in [0.25, 0.3) is 0 Å². The predicted molar refractivity (Wildman–Crippen MR) is 86.4 cm³/mol. The minimum absolute atomic E-state index is 0.0311. The van der Waals surface area contributed by atoms with Crippen molar-refractivity contribution in [1.82, 2.24) is 14.8 Å². The maximum absolute atomic E-state index is 12.8. The lowest BCUT2D eigenvalue weighted by atomic mass is 9.94. The second-order valence-electron chi connectivity index (χ2n) is 5.01. The summed E-state index contributed by atoms with van der Waals surface area (Å²) in [4.78, 5) is 16.7. The van der Waals surface area contributed by atoms with Gasteiger partial charge in [0.1, 0.15) is 18.4 Å². The van der Waals surface area contributed by atoms with Crippen molar-refractivity contribution < 1.29 is 9.53 Å². The molecule has 1 heterocycles. The third-order valence-corrected chi connectivity index (χ3v) is 3.48. The van der Waals surface area contributed by atoms with Gasteiger partial charge in [-0.1, -0.05) is 18.2 Å². The number of aromatic nitrogens is 3. The van der Waals surface area contributed by atoms with E-state index in [0.29, 0.717) is 18.0 Å². The van der Waals surface area contributed by atoms with Crippen molar-refractivity contribution in [2.75, 3.05) is 7.11 Å². The van der Waals surface area contributed by atoms with Gasteiger partial charge in [-0.2, -0.15) is 5.10 Å². The van der Waals surface area contributed by atoms with E-state index in [2.05, 4.69) is 10.1 Å². The molecule has 23 heavy (non-hydrogen) atoms. The van der Waals surface area contributed by atoms with Gasteiger partial charge < -0.3 is 4.74 Å². The number of nitrogens with zero attached hydrogens (tertiary/aromatic N) is 3. The smallest absolute Gasteiger partial charge is 0.168 e. The molecule has 0 atom stereocenters. The van der Waals surface area contributed by atoms with Gasteiger partial charge in [0.05, 0.1) is 19.6 Å². The fourth-order valence-electron chi connectivity index (χ4n) is 2.36. The zero-order chi connectivity index (χ0) is 16.1. The highest BCUT2D eigenvalue weighted by Crippen LogP contribution is 2.29. The molecule has 1 saturated carbocycles. The fraction of sp³-hybridized carbons (Fsp3) is 0.111. The highest BCUT2D eigenvalue weighted by Gasteiger charge is 2.27. The summed E-state index contributed by atoms with van der Waals surface area (Å²) in [6.45, 7) is 0.349. The van der Waals surface area contributed by atoms with Crippen LogP contribution in [0.3, 0.4) is 0 Å². The fourth-order valence-corrected chi connectivity index (χ4v) is 2.36. The number of rotatable bonds is 6. The molecule has 1 aliphatic rings. The normalized spacial score (nSPS) is 15.8. The lowest BCUT2D eigenvalue weighted by Gasteiger charge is -2.12. The third-order valence-electron chi connectivity index (χ3n) is 3.48. The molecule has 5 nitrogen and oxygen atoms in total. The number of hydrogen-bond acceptors (Lipinski definition) is 4. The summed E-state index contributed by atoms with van der Waals surface area (Å²) < 4.78 is 6.99. The molecule has 1 fully saturated rings. The zero-order valence-corrected chi connectivity index (χ0v) is 12.7. The molecule has 5 radical (unpaired) electrons. The van der Waals surface area contributed by atoms with Crippen molar-refractivity contribution in [3.8, 4) is 5.75 Å². The molecule has 3 rings (SSSR count). The minimum atomic E-state index is -0.0311. The zero-order valence-electron chi connectivity index (χ0n) is 12.7. The number of ether oxygens (including phenoxy) is 1. The molecule has 0 saturated heterocycles. The van der Waals surface area contributed by atoms with Crippen LogP contribution < -0.4 is 4.74 Å². The summed E-state index contributed by atoms with van der Waals surface area (Å²) in [7, 11) is 1.61. The summed E-state index contributed by atoms with van der Waals surface area (Å²) in [5.41, 5.74) is 1.47. The Morgan fingerprint density at radius 1 is 1.26 bits per heavy atom. The van der Waals surface area contributed by atoms with Crippen molar-refractivity contribution in [2.45, 2.75) is 6.54 Å². The van der Waals surface area contributed by atoms with Gasteiger partial charge in [-0.05, 0) is 37.8 Å². The summed E-state index contributed by atoms with van der Waals surface area (Å²) in [6.07, 6.45) is 12.2. The molecule has 2 aromatic rings. The number of para-hydroxylation sites is 1. The minimum Gasteiger partial charge on any atom is -0.496 e. The number of Topliss-reactive ketones (excluding diaryl/α,β-unsaturated/α-hetero) is 1. The van der Waals surface area contributed by atoms with Gasteiger partial charge in [0, 0.05) is 11.1 Å². The number of methoxy groups -OCH3 is 1. The molecule has 0 spiro atoms. The number of carbonyl (C=O) groups is 1. The van der Waals surface area contributed by atoms with E-state index in [4.69, 9.17) is 4.74 Å². The second-order valence-corrected chi connectivity index (χ2v) is 5.01. The Morgan fingerprint density at radius 2 is 2.04 bits per heavy atom. The SMILES string of the molecule is COc1ccccc1/C=C(\Cn1cncn1)C(=O)[C]1[CH][CH][CH][CH]1. The van der Waals surface area contributed by atoms with Crippen LogP contribution >= 0.6 is 0 Å². The largest absolute Gasteiger partial charge is 0.496 e. The van der Waals surface area contributed by atoms with Crippen LogP contribution in [-0.2, 0) is 11.3 Å². The van der Waals surface area contributed by atoms with Crippen LogP contribution in [0.5, 0.6) is 5.75 Å². The van der Waals surface area contributed by atoms with E-state index in [9.17, 15) is 4.79 Å². The number of carbonyl (C=O) groups excluding carboxylic acids is 1. The van der Waals surface area contributed by atoms with Gasteiger partial charge in [-0.15, -0.1) is 0 Å². The van der Waals surface area contributed by atoms with Crippen LogP contribution in [0, 0.1) is 31.6 Å². The molecule has 0 unspecified atom stereocenters. The molecule has 0 N–H and O–H groups in total. The number of benzene rings is 1. The van der Waals surface area contributed by atoms with Crippen LogP contribution in [0.25, 0.3) is 6.08 Å². The van der Waals surface area contributed by atoms with Crippen molar-refractivity contribution in [3.63, 3.8) is 0 Å². The molecule has 1 aliphatic carbocycles. The molecule has 1 aromatic carbocycles. The summed E-state index contributed by atoms with van der Waals surface area (Å²) in [6, 6.07) is 7.59. The van der Waals surface area contributed by atoms with E-state index in [0.717, 1.165) is 11.3 Å².